The van der Waals surface area contributed by atoms with Gasteiger partial charge in [0.2, 0.25) is 0 Å². The van der Waals surface area contributed by atoms with E-state index in [9.17, 15) is 0 Å². The average Bonchev–Trinajstić information content (AvgIpc) is 2.69. The van der Waals surface area contributed by atoms with Crippen molar-refractivity contribution in [1.82, 2.24) is 5.32 Å². The quantitative estimate of drug-likeness (QED) is 0.814. The van der Waals surface area contributed by atoms with Gasteiger partial charge >= 0.3 is 0 Å². The lowest BCUT2D eigenvalue weighted by Gasteiger charge is -2.21. The first-order valence-corrected chi connectivity index (χ1v) is 8.20. The first-order chi connectivity index (χ1) is 9.04. The summed E-state index contributed by atoms with van der Waals surface area (Å²) >= 11 is 5.62. The van der Waals surface area contributed by atoms with Crippen LogP contribution in [0.4, 0.5) is 0 Å². The SMILES string of the molecule is CCNC(c1cc(C)sc1C)c1cccc(C)c1Br. The summed E-state index contributed by atoms with van der Waals surface area (Å²) in [5.74, 6) is 0. The number of benzene rings is 1. The molecule has 2 rings (SSSR count). The second kappa shape index (κ2) is 6.21. The minimum atomic E-state index is 0.268. The Morgan fingerprint density at radius 2 is 1.95 bits per heavy atom. The van der Waals surface area contributed by atoms with Crippen LogP contribution in [0.15, 0.2) is 28.7 Å². The van der Waals surface area contributed by atoms with Crippen molar-refractivity contribution in [2.75, 3.05) is 6.54 Å². The number of hydrogen-bond donors (Lipinski definition) is 1. The zero-order valence-corrected chi connectivity index (χ0v) is 14.3. The van der Waals surface area contributed by atoms with Crippen LogP contribution >= 0.6 is 27.3 Å². The molecule has 0 bridgehead atoms. The van der Waals surface area contributed by atoms with Crippen LogP contribution in [0, 0.1) is 20.8 Å². The molecule has 1 aromatic heterocycles. The summed E-state index contributed by atoms with van der Waals surface area (Å²) in [6.07, 6.45) is 0. The van der Waals surface area contributed by atoms with Gasteiger partial charge < -0.3 is 5.32 Å². The van der Waals surface area contributed by atoms with Gasteiger partial charge in [0.25, 0.3) is 0 Å². The lowest BCUT2D eigenvalue weighted by atomic mass is 9.97. The number of rotatable bonds is 4. The van der Waals surface area contributed by atoms with E-state index in [1.54, 1.807) is 0 Å². The third kappa shape index (κ3) is 3.10. The minimum absolute atomic E-state index is 0.268. The fraction of sp³-hybridized carbons (Fsp3) is 0.375. The van der Waals surface area contributed by atoms with Crippen LogP contribution in [0.5, 0.6) is 0 Å². The van der Waals surface area contributed by atoms with Crippen LogP contribution in [-0.4, -0.2) is 6.54 Å². The highest BCUT2D eigenvalue weighted by Gasteiger charge is 2.19. The molecule has 1 nitrogen and oxygen atoms in total. The summed E-state index contributed by atoms with van der Waals surface area (Å²) in [4.78, 5) is 2.77. The van der Waals surface area contributed by atoms with Gasteiger partial charge in [-0.15, -0.1) is 11.3 Å². The predicted molar refractivity (Wildman–Crippen MR) is 88.2 cm³/mol. The van der Waals surface area contributed by atoms with Gasteiger partial charge in [-0.3, -0.25) is 0 Å². The second-order valence-electron chi connectivity index (χ2n) is 4.84. The standard InChI is InChI=1S/C16H20BrNS/c1-5-18-16(14-9-11(3)19-12(14)4)13-8-6-7-10(2)15(13)17/h6-9,16,18H,5H2,1-4H3. The summed E-state index contributed by atoms with van der Waals surface area (Å²) in [6, 6.07) is 9.06. The molecule has 0 radical (unpaired) electrons. The fourth-order valence-electron chi connectivity index (χ4n) is 2.42. The molecule has 0 amide bonds. The van der Waals surface area contributed by atoms with Crippen LogP contribution in [0.3, 0.4) is 0 Å². The molecule has 0 aliphatic rings. The van der Waals surface area contributed by atoms with Crippen molar-refractivity contribution in [3.63, 3.8) is 0 Å². The van der Waals surface area contributed by atoms with Crippen LogP contribution in [0.2, 0.25) is 0 Å². The highest BCUT2D eigenvalue weighted by Crippen LogP contribution is 2.35. The van der Waals surface area contributed by atoms with Crippen molar-refractivity contribution < 1.29 is 0 Å². The topological polar surface area (TPSA) is 12.0 Å². The molecule has 3 heteroatoms. The molecule has 1 unspecified atom stereocenters. The Labute approximate surface area is 128 Å². The maximum atomic E-state index is 3.74. The third-order valence-corrected chi connectivity index (χ3v) is 5.40. The molecule has 1 atom stereocenters. The molecule has 0 saturated carbocycles. The van der Waals surface area contributed by atoms with Crippen LogP contribution < -0.4 is 5.32 Å². The van der Waals surface area contributed by atoms with E-state index in [-0.39, 0.29) is 6.04 Å². The number of hydrogen-bond acceptors (Lipinski definition) is 2. The molecule has 1 heterocycles. The van der Waals surface area contributed by atoms with Gasteiger partial charge in [0.05, 0.1) is 6.04 Å². The van der Waals surface area contributed by atoms with E-state index in [4.69, 9.17) is 0 Å². The van der Waals surface area contributed by atoms with Crippen LogP contribution in [0.1, 0.15) is 39.4 Å². The van der Waals surface area contributed by atoms with Crippen molar-refractivity contribution in [1.29, 1.82) is 0 Å². The van der Waals surface area contributed by atoms with E-state index in [1.807, 2.05) is 11.3 Å². The van der Waals surface area contributed by atoms with Gasteiger partial charge in [0.1, 0.15) is 0 Å². The molecule has 0 fully saturated rings. The fourth-order valence-corrected chi connectivity index (χ4v) is 3.88. The number of nitrogens with one attached hydrogen (secondary N) is 1. The van der Waals surface area contributed by atoms with E-state index in [1.165, 1.54) is 30.9 Å². The van der Waals surface area contributed by atoms with Gasteiger partial charge in [-0.05, 0) is 50.1 Å². The smallest absolute Gasteiger partial charge is 0.0598 e. The van der Waals surface area contributed by atoms with E-state index >= 15 is 0 Å². The van der Waals surface area contributed by atoms with Crippen LogP contribution in [0.25, 0.3) is 0 Å². The summed E-state index contributed by atoms with van der Waals surface area (Å²) < 4.78 is 1.21. The number of halogens is 1. The summed E-state index contributed by atoms with van der Waals surface area (Å²) in [6.45, 7) is 9.64. The van der Waals surface area contributed by atoms with Crippen molar-refractivity contribution in [2.45, 2.75) is 33.7 Å². The highest BCUT2D eigenvalue weighted by molar-refractivity contribution is 9.10. The zero-order valence-electron chi connectivity index (χ0n) is 11.9. The van der Waals surface area contributed by atoms with Gasteiger partial charge in [-0.2, -0.15) is 0 Å². The summed E-state index contributed by atoms with van der Waals surface area (Å²) in [5.41, 5.74) is 4.00. The van der Waals surface area contributed by atoms with E-state index in [0.717, 1.165) is 6.54 Å². The van der Waals surface area contributed by atoms with Crippen molar-refractivity contribution in [3.8, 4) is 0 Å². The summed E-state index contributed by atoms with van der Waals surface area (Å²) in [5, 5.41) is 3.61. The van der Waals surface area contributed by atoms with Crippen molar-refractivity contribution >= 4 is 27.3 Å². The summed E-state index contributed by atoms with van der Waals surface area (Å²) in [7, 11) is 0. The lowest BCUT2D eigenvalue weighted by molar-refractivity contribution is 0.627. The molecule has 0 saturated heterocycles. The van der Waals surface area contributed by atoms with E-state index < -0.39 is 0 Å². The molecule has 0 aliphatic carbocycles. The van der Waals surface area contributed by atoms with Crippen LogP contribution in [-0.2, 0) is 0 Å². The van der Waals surface area contributed by atoms with Crippen molar-refractivity contribution in [2.24, 2.45) is 0 Å². The largest absolute Gasteiger partial charge is 0.306 e. The lowest BCUT2D eigenvalue weighted by Crippen LogP contribution is -2.22. The Hall–Kier alpha value is -0.640. The third-order valence-electron chi connectivity index (χ3n) is 3.33. The van der Waals surface area contributed by atoms with Crippen molar-refractivity contribution in [3.05, 3.63) is 55.2 Å². The molecule has 102 valence electrons. The second-order valence-corrected chi connectivity index (χ2v) is 7.09. The Balaban J connectivity index is 2.51. The highest BCUT2D eigenvalue weighted by atomic mass is 79.9. The van der Waals surface area contributed by atoms with E-state index in [2.05, 4.69) is 73.2 Å². The molecular weight excluding hydrogens is 318 g/mol. The Kier molecular flexibility index (Phi) is 4.82. The van der Waals surface area contributed by atoms with Gasteiger partial charge in [0.15, 0.2) is 0 Å². The normalized spacial score (nSPS) is 12.7. The molecule has 2 aromatic rings. The van der Waals surface area contributed by atoms with Gasteiger partial charge in [-0.1, -0.05) is 41.1 Å². The molecule has 0 aliphatic heterocycles. The maximum absolute atomic E-state index is 3.74. The maximum Gasteiger partial charge on any atom is 0.0598 e. The first-order valence-electron chi connectivity index (χ1n) is 6.60. The Morgan fingerprint density at radius 3 is 2.53 bits per heavy atom. The predicted octanol–water partition coefficient (Wildman–Crippen LogP) is 5.13. The molecule has 1 N–H and O–H groups in total. The Morgan fingerprint density at radius 1 is 1.21 bits per heavy atom. The van der Waals surface area contributed by atoms with E-state index in [0.29, 0.717) is 0 Å². The minimum Gasteiger partial charge on any atom is -0.306 e. The molecule has 1 aromatic carbocycles. The number of aryl methyl sites for hydroxylation is 3. The van der Waals surface area contributed by atoms with Gasteiger partial charge in [0, 0.05) is 14.2 Å². The monoisotopic (exact) mass is 337 g/mol. The molecular formula is C16H20BrNS. The number of thiophene rings is 1. The molecule has 19 heavy (non-hydrogen) atoms. The zero-order chi connectivity index (χ0) is 14.0. The molecule has 0 spiro atoms. The first kappa shape index (κ1) is 14.8. The average molecular weight is 338 g/mol. The Bertz CT molecular complexity index is 574. The van der Waals surface area contributed by atoms with Gasteiger partial charge in [-0.25, -0.2) is 0 Å².